The van der Waals surface area contributed by atoms with Gasteiger partial charge in [0.2, 0.25) is 0 Å². The van der Waals surface area contributed by atoms with Crippen molar-refractivity contribution < 1.29 is 0 Å². The molecular formula is C16H22BrN3. The van der Waals surface area contributed by atoms with Crippen molar-refractivity contribution in [2.45, 2.75) is 46.2 Å². The third-order valence-electron chi connectivity index (χ3n) is 3.63. The van der Waals surface area contributed by atoms with Crippen LogP contribution in [0.1, 0.15) is 44.0 Å². The first-order valence-corrected chi connectivity index (χ1v) is 7.97. The lowest BCUT2D eigenvalue weighted by atomic mass is 10.2. The molecule has 1 aromatic heterocycles. The number of halogens is 1. The second kappa shape index (κ2) is 6.93. The highest BCUT2D eigenvalue weighted by Gasteiger charge is 2.08. The zero-order valence-corrected chi connectivity index (χ0v) is 13.9. The SMILES string of the molecule is CCC(CC)n1ccc(CNc2ccc(Br)cc2C)n1. The lowest BCUT2D eigenvalue weighted by Gasteiger charge is -2.12. The average Bonchev–Trinajstić information content (AvgIpc) is 2.88. The zero-order valence-electron chi connectivity index (χ0n) is 12.4. The molecule has 0 aliphatic rings. The first kappa shape index (κ1) is 15.1. The summed E-state index contributed by atoms with van der Waals surface area (Å²) < 4.78 is 3.20. The Morgan fingerprint density at radius 2 is 2.00 bits per heavy atom. The van der Waals surface area contributed by atoms with Crippen molar-refractivity contribution in [1.82, 2.24) is 9.78 Å². The van der Waals surface area contributed by atoms with E-state index in [4.69, 9.17) is 0 Å². The molecule has 0 aliphatic carbocycles. The average molecular weight is 336 g/mol. The molecule has 1 aromatic carbocycles. The number of anilines is 1. The fourth-order valence-electron chi connectivity index (χ4n) is 2.35. The van der Waals surface area contributed by atoms with E-state index >= 15 is 0 Å². The number of rotatable bonds is 6. The van der Waals surface area contributed by atoms with Gasteiger partial charge in [-0.2, -0.15) is 5.10 Å². The van der Waals surface area contributed by atoms with E-state index in [1.165, 1.54) is 5.56 Å². The van der Waals surface area contributed by atoms with Gasteiger partial charge in [0.15, 0.2) is 0 Å². The highest BCUT2D eigenvalue weighted by atomic mass is 79.9. The number of aromatic nitrogens is 2. The van der Waals surface area contributed by atoms with E-state index in [-0.39, 0.29) is 0 Å². The van der Waals surface area contributed by atoms with E-state index in [1.807, 2.05) is 0 Å². The summed E-state index contributed by atoms with van der Waals surface area (Å²) >= 11 is 3.48. The van der Waals surface area contributed by atoms with Crippen molar-refractivity contribution in [2.75, 3.05) is 5.32 Å². The molecule has 108 valence electrons. The summed E-state index contributed by atoms with van der Waals surface area (Å²) in [6, 6.07) is 8.87. The number of hydrogen-bond acceptors (Lipinski definition) is 2. The smallest absolute Gasteiger partial charge is 0.0815 e. The van der Waals surface area contributed by atoms with Gasteiger partial charge < -0.3 is 5.32 Å². The standard InChI is InChI=1S/C16H22BrN3/c1-4-15(5-2)20-9-8-14(19-20)11-18-16-7-6-13(17)10-12(16)3/h6-10,15,18H,4-5,11H2,1-3H3. The Balaban J connectivity index is 2.00. The maximum Gasteiger partial charge on any atom is 0.0815 e. The predicted octanol–water partition coefficient (Wildman–Crippen LogP) is 4.93. The first-order valence-electron chi connectivity index (χ1n) is 7.18. The number of nitrogens with zero attached hydrogens (tertiary/aromatic N) is 2. The monoisotopic (exact) mass is 335 g/mol. The van der Waals surface area contributed by atoms with Gasteiger partial charge in [0.25, 0.3) is 0 Å². The summed E-state index contributed by atoms with van der Waals surface area (Å²) in [6.07, 6.45) is 4.33. The molecule has 0 aliphatic heterocycles. The van der Waals surface area contributed by atoms with Crippen LogP contribution >= 0.6 is 15.9 Å². The zero-order chi connectivity index (χ0) is 14.5. The molecule has 0 saturated carbocycles. The largest absolute Gasteiger partial charge is 0.379 e. The second-order valence-electron chi connectivity index (χ2n) is 5.07. The van der Waals surface area contributed by atoms with Crippen LogP contribution in [0, 0.1) is 6.92 Å². The van der Waals surface area contributed by atoms with Gasteiger partial charge in [-0.3, -0.25) is 4.68 Å². The van der Waals surface area contributed by atoms with Gasteiger partial charge in [-0.05, 0) is 49.6 Å². The third-order valence-corrected chi connectivity index (χ3v) is 4.12. The van der Waals surface area contributed by atoms with Crippen LogP contribution in [0.15, 0.2) is 34.9 Å². The van der Waals surface area contributed by atoms with Crippen LogP contribution in [0.25, 0.3) is 0 Å². The van der Waals surface area contributed by atoms with E-state index in [0.717, 1.165) is 35.2 Å². The summed E-state index contributed by atoms with van der Waals surface area (Å²) in [5.74, 6) is 0. The lowest BCUT2D eigenvalue weighted by molar-refractivity contribution is 0.426. The van der Waals surface area contributed by atoms with E-state index in [0.29, 0.717) is 6.04 Å². The minimum Gasteiger partial charge on any atom is -0.379 e. The Morgan fingerprint density at radius 1 is 1.25 bits per heavy atom. The van der Waals surface area contributed by atoms with Crippen LogP contribution in [-0.4, -0.2) is 9.78 Å². The highest BCUT2D eigenvalue weighted by Crippen LogP contribution is 2.21. The van der Waals surface area contributed by atoms with Crippen LogP contribution in [0.4, 0.5) is 5.69 Å². The Morgan fingerprint density at radius 3 is 2.65 bits per heavy atom. The summed E-state index contributed by atoms with van der Waals surface area (Å²) in [5.41, 5.74) is 3.48. The molecule has 0 bridgehead atoms. The molecule has 0 atom stereocenters. The molecule has 3 nitrogen and oxygen atoms in total. The summed E-state index contributed by atoms with van der Waals surface area (Å²) in [7, 11) is 0. The van der Waals surface area contributed by atoms with Crippen molar-refractivity contribution in [3.05, 3.63) is 46.2 Å². The van der Waals surface area contributed by atoms with Crippen LogP contribution in [-0.2, 0) is 6.54 Å². The lowest BCUT2D eigenvalue weighted by Crippen LogP contribution is -2.09. The summed E-state index contributed by atoms with van der Waals surface area (Å²) in [5, 5.41) is 8.11. The predicted molar refractivity (Wildman–Crippen MR) is 88.1 cm³/mol. The molecule has 4 heteroatoms. The van der Waals surface area contributed by atoms with Crippen LogP contribution < -0.4 is 5.32 Å². The van der Waals surface area contributed by atoms with Gasteiger partial charge in [0.05, 0.1) is 18.3 Å². The molecular weight excluding hydrogens is 314 g/mol. The number of aryl methyl sites for hydroxylation is 1. The minimum absolute atomic E-state index is 0.512. The fraction of sp³-hybridized carbons (Fsp3) is 0.438. The Bertz CT molecular complexity index is 559. The summed E-state index contributed by atoms with van der Waals surface area (Å²) in [4.78, 5) is 0. The second-order valence-corrected chi connectivity index (χ2v) is 5.99. The van der Waals surface area contributed by atoms with E-state index in [2.05, 4.69) is 82.3 Å². The number of nitrogens with one attached hydrogen (secondary N) is 1. The molecule has 0 amide bonds. The van der Waals surface area contributed by atoms with Gasteiger partial charge in [-0.25, -0.2) is 0 Å². The van der Waals surface area contributed by atoms with Crippen LogP contribution in [0.3, 0.4) is 0 Å². The van der Waals surface area contributed by atoms with E-state index in [9.17, 15) is 0 Å². The maximum absolute atomic E-state index is 4.66. The van der Waals surface area contributed by atoms with Crippen molar-refractivity contribution >= 4 is 21.6 Å². The minimum atomic E-state index is 0.512. The molecule has 0 unspecified atom stereocenters. The quantitative estimate of drug-likeness (QED) is 0.811. The van der Waals surface area contributed by atoms with Gasteiger partial charge >= 0.3 is 0 Å². The molecule has 0 radical (unpaired) electrons. The normalized spacial score (nSPS) is 11.1. The molecule has 0 saturated heterocycles. The van der Waals surface area contributed by atoms with Crippen LogP contribution in [0.2, 0.25) is 0 Å². The van der Waals surface area contributed by atoms with Crippen LogP contribution in [0.5, 0.6) is 0 Å². The van der Waals surface area contributed by atoms with Crippen molar-refractivity contribution in [2.24, 2.45) is 0 Å². The highest BCUT2D eigenvalue weighted by molar-refractivity contribution is 9.10. The third kappa shape index (κ3) is 3.63. The van der Waals surface area contributed by atoms with E-state index in [1.54, 1.807) is 0 Å². The first-order chi connectivity index (χ1) is 9.63. The molecule has 1 heterocycles. The Labute approximate surface area is 129 Å². The van der Waals surface area contributed by atoms with E-state index < -0.39 is 0 Å². The number of benzene rings is 1. The number of hydrogen-bond donors (Lipinski definition) is 1. The van der Waals surface area contributed by atoms with Gasteiger partial charge in [0.1, 0.15) is 0 Å². The Hall–Kier alpha value is -1.29. The van der Waals surface area contributed by atoms with Crippen molar-refractivity contribution in [3.8, 4) is 0 Å². The molecule has 2 aromatic rings. The molecule has 0 fully saturated rings. The topological polar surface area (TPSA) is 29.9 Å². The fourth-order valence-corrected chi connectivity index (χ4v) is 2.82. The molecule has 2 rings (SSSR count). The van der Waals surface area contributed by atoms with Gasteiger partial charge in [-0.1, -0.05) is 29.8 Å². The molecule has 20 heavy (non-hydrogen) atoms. The van der Waals surface area contributed by atoms with Gasteiger partial charge in [-0.15, -0.1) is 0 Å². The van der Waals surface area contributed by atoms with Gasteiger partial charge in [0, 0.05) is 16.4 Å². The summed E-state index contributed by atoms with van der Waals surface area (Å²) in [6.45, 7) is 7.28. The Kier molecular flexibility index (Phi) is 5.24. The molecule has 0 spiro atoms. The van der Waals surface area contributed by atoms with Crippen molar-refractivity contribution in [3.63, 3.8) is 0 Å². The maximum atomic E-state index is 4.66. The van der Waals surface area contributed by atoms with Crippen molar-refractivity contribution in [1.29, 1.82) is 0 Å². The molecule has 1 N–H and O–H groups in total.